The van der Waals surface area contributed by atoms with Crippen molar-refractivity contribution in [3.63, 3.8) is 0 Å². The van der Waals surface area contributed by atoms with Crippen molar-refractivity contribution in [1.29, 1.82) is 0 Å². The molecule has 3 heterocycles. The van der Waals surface area contributed by atoms with Gasteiger partial charge in [0.15, 0.2) is 0 Å². The van der Waals surface area contributed by atoms with Crippen molar-refractivity contribution in [1.82, 2.24) is 14.4 Å². The van der Waals surface area contributed by atoms with Gasteiger partial charge in [-0.25, -0.2) is 9.83 Å². The molecule has 3 aromatic heterocycles. The monoisotopic (exact) mass is 288 g/mol. The molecule has 0 aliphatic carbocycles. The van der Waals surface area contributed by atoms with Crippen LogP contribution in [0.1, 0.15) is 5.56 Å². The van der Waals surface area contributed by atoms with Crippen LogP contribution in [0.25, 0.3) is 21.9 Å². The third-order valence-electron chi connectivity index (χ3n) is 2.93. The molecule has 0 aliphatic rings. The van der Waals surface area contributed by atoms with Gasteiger partial charge >= 0.3 is 6.18 Å². The molecule has 3 rings (SSSR count). The highest BCUT2D eigenvalue weighted by Crippen LogP contribution is 2.30. The highest BCUT2D eigenvalue weighted by Gasteiger charge is 2.30. The first-order chi connectivity index (χ1) is 9.97. The van der Waals surface area contributed by atoms with Gasteiger partial charge in [-0.1, -0.05) is 6.07 Å². The van der Waals surface area contributed by atoms with Crippen molar-refractivity contribution in [2.45, 2.75) is 6.18 Å². The van der Waals surface area contributed by atoms with E-state index in [1.807, 2.05) is 0 Å². The molecule has 0 aromatic carbocycles. The maximum absolute atomic E-state index is 12.7. The van der Waals surface area contributed by atoms with E-state index in [4.69, 9.17) is 6.57 Å². The number of aromatic nitrogens is 3. The topological polar surface area (TPSA) is 34.5 Å². The van der Waals surface area contributed by atoms with Gasteiger partial charge in [-0.2, -0.15) is 13.2 Å². The molecule has 4 nitrogen and oxygen atoms in total. The molecule has 0 bridgehead atoms. The first kappa shape index (κ1) is 13.1. The summed E-state index contributed by atoms with van der Waals surface area (Å²) in [6.45, 7) is 6.85. The van der Waals surface area contributed by atoms with Crippen molar-refractivity contribution in [3.8, 4) is 11.4 Å². The van der Waals surface area contributed by atoms with Gasteiger partial charge in [0.05, 0.1) is 17.8 Å². The molecule has 0 N–H and O–H groups in total. The van der Waals surface area contributed by atoms with Crippen LogP contribution < -0.4 is 0 Å². The summed E-state index contributed by atoms with van der Waals surface area (Å²) in [7, 11) is 0. The normalized spacial score (nSPS) is 11.5. The van der Waals surface area contributed by atoms with Gasteiger partial charge in [-0.3, -0.25) is 4.98 Å². The molecule has 0 amide bonds. The first-order valence-electron chi connectivity index (χ1n) is 5.87. The van der Waals surface area contributed by atoms with Crippen LogP contribution in [0.15, 0.2) is 42.9 Å². The third kappa shape index (κ3) is 2.43. The largest absolute Gasteiger partial charge is 0.416 e. The van der Waals surface area contributed by atoms with E-state index >= 15 is 0 Å². The van der Waals surface area contributed by atoms with Gasteiger partial charge in [0.1, 0.15) is 11.3 Å². The molecule has 0 saturated carbocycles. The van der Waals surface area contributed by atoms with Crippen LogP contribution >= 0.6 is 0 Å². The number of hydrogen-bond donors (Lipinski definition) is 0. The Labute approximate surface area is 117 Å². The zero-order valence-corrected chi connectivity index (χ0v) is 10.5. The lowest BCUT2D eigenvalue weighted by Crippen LogP contribution is -2.05. The highest BCUT2D eigenvalue weighted by molar-refractivity contribution is 5.61. The van der Waals surface area contributed by atoms with Crippen molar-refractivity contribution >= 4 is 11.3 Å². The molecule has 0 spiro atoms. The lowest BCUT2D eigenvalue weighted by molar-refractivity contribution is -0.137. The summed E-state index contributed by atoms with van der Waals surface area (Å²) in [5.41, 5.74) is 0.784. The Morgan fingerprint density at radius 3 is 2.57 bits per heavy atom. The Hall–Kier alpha value is -2.88. The summed E-state index contributed by atoms with van der Waals surface area (Å²) in [5, 5.41) is 0. The number of fused-ring (bicyclic) bond motifs is 1. The molecule has 0 saturated heterocycles. The molecule has 21 heavy (non-hydrogen) atoms. The maximum atomic E-state index is 12.7. The van der Waals surface area contributed by atoms with Gasteiger partial charge in [0.2, 0.25) is 5.69 Å². The zero-order chi connectivity index (χ0) is 15.0. The Balaban J connectivity index is 2.06. The molecule has 7 heteroatoms. The fourth-order valence-electron chi connectivity index (χ4n) is 1.89. The summed E-state index contributed by atoms with van der Waals surface area (Å²) < 4.78 is 39.4. The van der Waals surface area contributed by atoms with Gasteiger partial charge in [-0.15, -0.1) is 0 Å². The number of hydrogen-bond acceptors (Lipinski definition) is 2. The van der Waals surface area contributed by atoms with Crippen LogP contribution in [-0.4, -0.2) is 14.4 Å². The summed E-state index contributed by atoms with van der Waals surface area (Å²) in [5.74, 6) is 0. The van der Waals surface area contributed by atoms with E-state index in [9.17, 15) is 13.2 Å². The Kier molecular flexibility index (Phi) is 2.87. The minimum atomic E-state index is -4.40. The van der Waals surface area contributed by atoms with E-state index in [0.717, 1.165) is 12.1 Å². The first-order valence-corrected chi connectivity index (χ1v) is 5.87. The number of alkyl halides is 3. The van der Waals surface area contributed by atoms with Crippen molar-refractivity contribution in [3.05, 3.63) is 59.8 Å². The van der Waals surface area contributed by atoms with Gasteiger partial charge in [0.25, 0.3) is 0 Å². The predicted octanol–water partition coefficient (Wildman–Crippen LogP) is 3.97. The second-order valence-electron chi connectivity index (χ2n) is 4.32. The van der Waals surface area contributed by atoms with E-state index in [-0.39, 0.29) is 5.65 Å². The van der Waals surface area contributed by atoms with Crippen molar-refractivity contribution in [2.24, 2.45) is 0 Å². The van der Waals surface area contributed by atoms with Crippen LogP contribution in [0.4, 0.5) is 18.9 Å². The van der Waals surface area contributed by atoms with Gasteiger partial charge in [0, 0.05) is 18.6 Å². The van der Waals surface area contributed by atoms with Crippen molar-refractivity contribution in [2.75, 3.05) is 0 Å². The number of pyridine rings is 2. The van der Waals surface area contributed by atoms with E-state index in [1.165, 1.54) is 16.8 Å². The number of halogens is 3. The average molecular weight is 288 g/mol. The van der Waals surface area contributed by atoms with Crippen LogP contribution in [0.2, 0.25) is 0 Å². The smallest absolute Gasteiger partial charge is 0.306 e. The SMILES string of the molecule is [C-]#[N+]c1ccc(-c2cn3ccc(C(F)(F)F)cc3n2)nc1. The number of imidazole rings is 1. The second kappa shape index (κ2) is 4.59. The molecule has 3 aromatic rings. The molecule has 104 valence electrons. The molecular formula is C14H7F3N4. The van der Waals surface area contributed by atoms with Crippen LogP contribution in [-0.2, 0) is 6.18 Å². The molecular weight excluding hydrogens is 281 g/mol. The van der Waals surface area contributed by atoms with Crippen LogP contribution in [0.3, 0.4) is 0 Å². The van der Waals surface area contributed by atoms with Crippen LogP contribution in [0.5, 0.6) is 0 Å². The predicted molar refractivity (Wildman–Crippen MR) is 69.7 cm³/mol. The third-order valence-corrected chi connectivity index (χ3v) is 2.93. The highest BCUT2D eigenvalue weighted by atomic mass is 19.4. The molecule has 0 aliphatic heterocycles. The lowest BCUT2D eigenvalue weighted by atomic mass is 10.2. The fraction of sp³-hybridized carbons (Fsp3) is 0.0714. The molecule has 0 unspecified atom stereocenters. The summed E-state index contributed by atoms with van der Waals surface area (Å²) in [6.07, 6.45) is -0.103. The second-order valence-corrected chi connectivity index (χ2v) is 4.32. The lowest BCUT2D eigenvalue weighted by Gasteiger charge is -2.05. The standard InChI is InChI=1S/C14H7F3N4/c1-18-10-2-3-11(19-7-10)12-8-21-5-4-9(14(15,16)17)6-13(21)20-12/h2-8H. The molecule has 0 radical (unpaired) electrons. The summed E-state index contributed by atoms with van der Waals surface area (Å²) >= 11 is 0. The molecule has 0 fully saturated rings. The van der Waals surface area contributed by atoms with Crippen molar-refractivity contribution < 1.29 is 13.2 Å². The number of nitrogens with zero attached hydrogens (tertiary/aromatic N) is 4. The zero-order valence-electron chi connectivity index (χ0n) is 10.5. The quantitative estimate of drug-likeness (QED) is 0.635. The van der Waals surface area contributed by atoms with Gasteiger partial charge < -0.3 is 4.40 Å². The van der Waals surface area contributed by atoms with E-state index < -0.39 is 11.7 Å². The Bertz CT molecular complexity index is 841. The number of rotatable bonds is 1. The van der Waals surface area contributed by atoms with Crippen LogP contribution in [0, 0.1) is 6.57 Å². The summed E-state index contributed by atoms with van der Waals surface area (Å²) in [6, 6.07) is 5.17. The molecule has 0 atom stereocenters. The maximum Gasteiger partial charge on any atom is 0.416 e. The van der Waals surface area contributed by atoms with E-state index in [0.29, 0.717) is 17.1 Å². The Morgan fingerprint density at radius 2 is 1.95 bits per heavy atom. The van der Waals surface area contributed by atoms with Gasteiger partial charge in [-0.05, 0) is 18.2 Å². The minimum Gasteiger partial charge on any atom is -0.306 e. The fourth-order valence-corrected chi connectivity index (χ4v) is 1.89. The average Bonchev–Trinajstić information content (AvgIpc) is 2.89. The van der Waals surface area contributed by atoms with E-state index in [2.05, 4.69) is 14.8 Å². The minimum absolute atomic E-state index is 0.191. The summed E-state index contributed by atoms with van der Waals surface area (Å²) in [4.78, 5) is 11.4. The Morgan fingerprint density at radius 1 is 1.14 bits per heavy atom. The van der Waals surface area contributed by atoms with E-state index in [1.54, 1.807) is 18.3 Å².